The summed E-state index contributed by atoms with van der Waals surface area (Å²) in [5.74, 6) is -0.416. The molecule has 0 radical (unpaired) electrons. The van der Waals surface area contributed by atoms with E-state index in [2.05, 4.69) is 10.3 Å². The summed E-state index contributed by atoms with van der Waals surface area (Å²) < 4.78 is 25.9. The zero-order chi connectivity index (χ0) is 24.0. The van der Waals surface area contributed by atoms with Crippen LogP contribution in [0.15, 0.2) is 76.9 Å². The van der Waals surface area contributed by atoms with Crippen molar-refractivity contribution in [2.75, 3.05) is 6.26 Å². The molecule has 1 amide bonds. The zero-order valence-electron chi connectivity index (χ0n) is 18.2. The molecule has 1 saturated carbocycles. The summed E-state index contributed by atoms with van der Waals surface area (Å²) in [5, 5.41) is 13.1. The molecule has 3 aromatic heterocycles. The molecule has 0 saturated heterocycles. The molecular weight excluding hydrogens is 456 g/mol. The van der Waals surface area contributed by atoms with Crippen molar-refractivity contribution in [1.82, 2.24) is 14.9 Å². The maximum Gasteiger partial charge on any atom is 0.346 e. The number of hydrogen-bond acceptors (Lipinski definition) is 6. The monoisotopic (exact) mass is 477 g/mol. The number of carbonyl (C=O) groups is 1. The third-order valence-corrected chi connectivity index (χ3v) is 6.73. The van der Waals surface area contributed by atoms with Gasteiger partial charge in [0.25, 0.3) is 5.91 Å². The minimum atomic E-state index is -3.60. The predicted octanol–water partition coefficient (Wildman–Crippen LogP) is 1.87. The van der Waals surface area contributed by atoms with Crippen LogP contribution in [0.3, 0.4) is 0 Å². The normalized spacial score (nSPS) is 13.7. The van der Waals surface area contributed by atoms with E-state index in [1.807, 2.05) is 6.07 Å². The molecule has 0 unspecified atom stereocenters. The Balaban J connectivity index is 1.64. The van der Waals surface area contributed by atoms with E-state index in [-0.39, 0.29) is 22.1 Å². The molecule has 5 rings (SSSR count). The van der Waals surface area contributed by atoms with Gasteiger partial charge in [0.15, 0.2) is 0 Å². The van der Waals surface area contributed by atoms with E-state index in [0.717, 1.165) is 19.1 Å². The maximum absolute atomic E-state index is 13.0. The number of fused-ring (bicyclic) bond motifs is 1. The van der Waals surface area contributed by atoms with E-state index in [9.17, 15) is 23.2 Å². The summed E-state index contributed by atoms with van der Waals surface area (Å²) in [4.78, 5) is 30.1. The van der Waals surface area contributed by atoms with Crippen molar-refractivity contribution in [2.45, 2.75) is 23.9 Å². The molecule has 1 fully saturated rings. The highest BCUT2D eigenvalue weighted by Gasteiger charge is 2.26. The van der Waals surface area contributed by atoms with Gasteiger partial charge >= 0.3 is 5.03 Å². The van der Waals surface area contributed by atoms with E-state index in [0.29, 0.717) is 32.6 Å². The van der Waals surface area contributed by atoms with Crippen LogP contribution in [0.4, 0.5) is 0 Å². The lowest BCUT2D eigenvalue weighted by molar-refractivity contribution is -0.932. The Labute approximate surface area is 194 Å². The molecule has 1 aromatic carbocycles. The Morgan fingerprint density at radius 1 is 1.15 bits per heavy atom. The largest absolute Gasteiger partial charge is 0.349 e. The van der Waals surface area contributed by atoms with Crippen molar-refractivity contribution in [2.24, 2.45) is 0 Å². The Kier molecular flexibility index (Phi) is 5.17. The van der Waals surface area contributed by atoms with Gasteiger partial charge in [-0.25, -0.2) is 13.4 Å². The summed E-state index contributed by atoms with van der Waals surface area (Å²) in [5.41, 5.74) is 1.94. The van der Waals surface area contributed by atoms with Gasteiger partial charge < -0.3 is 9.88 Å². The van der Waals surface area contributed by atoms with E-state index in [1.54, 1.807) is 47.2 Å². The van der Waals surface area contributed by atoms with Gasteiger partial charge in [0, 0.05) is 41.2 Å². The molecule has 0 spiro atoms. The van der Waals surface area contributed by atoms with Gasteiger partial charge in [0.1, 0.15) is 11.2 Å². The highest BCUT2D eigenvalue weighted by Crippen LogP contribution is 2.24. The molecule has 10 heteroatoms. The Bertz CT molecular complexity index is 1620. The first-order chi connectivity index (χ1) is 16.2. The SMILES string of the molecule is CS(=O)(=O)c1ccc(-c2cccc(-n3cc(C(=O)NC4CC4)c(=O)c4cccnc43)c2)c[n+]1O. The Morgan fingerprint density at radius 2 is 1.94 bits per heavy atom. The second-order valence-electron chi connectivity index (χ2n) is 8.29. The van der Waals surface area contributed by atoms with Crippen LogP contribution in [0.5, 0.6) is 0 Å². The molecule has 0 aliphatic heterocycles. The lowest BCUT2D eigenvalue weighted by Crippen LogP contribution is -2.36. The van der Waals surface area contributed by atoms with Gasteiger partial charge in [-0.15, -0.1) is 0 Å². The van der Waals surface area contributed by atoms with Crippen LogP contribution in [0.1, 0.15) is 23.2 Å². The fourth-order valence-corrected chi connectivity index (χ4v) is 4.49. The van der Waals surface area contributed by atoms with Crippen LogP contribution >= 0.6 is 0 Å². The van der Waals surface area contributed by atoms with Crippen molar-refractivity contribution in [3.63, 3.8) is 0 Å². The first kappa shape index (κ1) is 21.8. The number of rotatable bonds is 5. The quantitative estimate of drug-likeness (QED) is 0.334. The van der Waals surface area contributed by atoms with Crippen molar-refractivity contribution >= 4 is 26.8 Å². The van der Waals surface area contributed by atoms with Crippen molar-refractivity contribution in [3.8, 4) is 16.8 Å². The molecule has 0 atom stereocenters. The molecule has 3 heterocycles. The Hall–Kier alpha value is -4.05. The Morgan fingerprint density at radius 3 is 2.65 bits per heavy atom. The minimum Gasteiger partial charge on any atom is -0.349 e. The number of sulfone groups is 1. The number of amides is 1. The molecule has 1 aliphatic carbocycles. The fraction of sp³-hybridized carbons (Fsp3) is 0.167. The van der Waals surface area contributed by atoms with E-state index in [4.69, 9.17) is 0 Å². The van der Waals surface area contributed by atoms with Crippen LogP contribution in [0, 0.1) is 0 Å². The number of carbonyl (C=O) groups excluding carboxylic acids is 1. The van der Waals surface area contributed by atoms with E-state index in [1.165, 1.54) is 18.5 Å². The summed E-state index contributed by atoms with van der Waals surface area (Å²) in [6.45, 7) is 0. The van der Waals surface area contributed by atoms with Gasteiger partial charge in [-0.1, -0.05) is 12.1 Å². The lowest BCUT2D eigenvalue weighted by atomic mass is 10.1. The summed E-state index contributed by atoms with van der Waals surface area (Å²) in [7, 11) is -3.60. The van der Waals surface area contributed by atoms with Gasteiger partial charge in [-0.2, -0.15) is 0 Å². The molecule has 172 valence electrons. The average molecular weight is 478 g/mol. The second-order valence-corrected chi connectivity index (χ2v) is 10.2. The lowest BCUT2D eigenvalue weighted by Gasteiger charge is -2.14. The van der Waals surface area contributed by atoms with E-state index < -0.39 is 15.7 Å². The van der Waals surface area contributed by atoms with Gasteiger partial charge in [0.2, 0.25) is 21.5 Å². The fourth-order valence-electron chi connectivity index (χ4n) is 3.78. The number of aromatic nitrogens is 3. The number of nitrogens with zero attached hydrogens (tertiary/aromatic N) is 3. The number of hydrogen-bond donors (Lipinski definition) is 2. The highest BCUT2D eigenvalue weighted by atomic mass is 32.2. The molecular formula is C24H21N4O5S+. The van der Waals surface area contributed by atoms with Gasteiger partial charge in [0.05, 0.1) is 10.9 Å². The average Bonchev–Trinajstić information content (AvgIpc) is 3.62. The topological polar surface area (TPSA) is 122 Å². The molecule has 0 bridgehead atoms. The maximum atomic E-state index is 13.0. The van der Waals surface area contributed by atoms with Crippen LogP contribution in [0.2, 0.25) is 0 Å². The third-order valence-electron chi connectivity index (χ3n) is 5.65. The second kappa shape index (κ2) is 8.07. The number of benzene rings is 1. The van der Waals surface area contributed by atoms with Crippen LogP contribution in [-0.4, -0.2) is 41.4 Å². The number of nitrogens with one attached hydrogen (secondary N) is 1. The molecule has 9 nitrogen and oxygen atoms in total. The number of pyridine rings is 3. The van der Waals surface area contributed by atoms with Gasteiger partial charge in [-0.3, -0.25) is 14.8 Å². The first-order valence-corrected chi connectivity index (χ1v) is 12.5. The summed E-state index contributed by atoms with van der Waals surface area (Å²) >= 11 is 0. The van der Waals surface area contributed by atoms with Crippen LogP contribution < -0.4 is 15.5 Å². The molecule has 34 heavy (non-hydrogen) atoms. The zero-order valence-corrected chi connectivity index (χ0v) is 19.0. The van der Waals surface area contributed by atoms with Crippen molar-refractivity contribution in [1.29, 1.82) is 0 Å². The summed E-state index contributed by atoms with van der Waals surface area (Å²) in [6, 6.07) is 13.5. The van der Waals surface area contributed by atoms with E-state index >= 15 is 0 Å². The van der Waals surface area contributed by atoms with Crippen molar-refractivity contribution < 1.29 is 23.1 Å². The highest BCUT2D eigenvalue weighted by molar-refractivity contribution is 7.90. The first-order valence-electron chi connectivity index (χ1n) is 10.6. The smallest absolute Gasteiger partial charge is 0.346 e. The van der Waals surface area contributed by atoms with Crippen LogP contribution in [-0.2, 0) is 9.84 Å². The van der Waals surface area contributed by atoms with Crippen LogP contribution in [0.25, 0.3) is 27.8 Å². The summed E-state index contributed by atoms with van der Waals surface area (Å²) in [6.07, 6.45) is 7.20. The minimum absolute atomic E-state index is 0.0310. The van der Waals surface area contributed by atoms with Crippen molar-refractivity contribution in [3.05, 3.63) is 82.9 Å². The third kappa shape index (κ3) is 4.03. The molecule has 2 N–H and O–H groups in total. The molecule has 4 aromatic rings. The standard InChI is InChI=1S/C24H20N4O5S/c1-34(32,33)21-10-7-16(13-28(21)31)15-4-2-5-18(12-15)27-14-20(24(30)26-17-8-9-17)22(29)19-6-3-11-25-23(19)27/h2-7,10-14,17H,8-9H2,1H3,(H-,26,30,31)/p+1. The predicted molar refractivity (Wildman–Crippen MR) is 124 cm³/mol. The van der Waals surface area contributed by atoms with Gasteiger partial charge in [-0.05, 0) is 48.7 Å². The molecule has 1 aliphatic rings.